The van der Waals surface area contributed by atoms with Crippen molar-refractivity contribution in [2.45, 2.75) is 26.3 Å². The minimum atomic E-state index is 0. The van der Waals surface area contributed by atoms with Crippen LogP contribution in [0.1, 0.15) is 22.8 Å². The van der Waals surface area contributed by atoms with Gasteiger partial charge in [0.05, 0.1) is 0 Å². The zero-order valence-electron chi connectivity index (χ0n) is 13.3. The second kappa shape index (κ2) is 14.8. The molecule has 2 heterocycles. The average Bonchev–Trinajstić information content (AvgIpc) is 2.39. The third kappa shape index (κ3) is 12.3. The normalized spacial score (nSPS) is 9.91. The summed E-state index contributed by atoms with van der Waals surface area (Å²) < 4.78 is 0. The minimum Gasteiger partial charge on any atom is -1.00 e. The first-order valence-electron chi connectivity index (χ1n) is 6.65. The Morgan fingerprint density at radius 1 is 1.00 bits per heavy atom. The molecule has 0 aliphatic heterocycles. The van der Waals surface area contributed by atoms with Crippen LogP contribution in [-0.2, 0) is 23.5 Å². The fourth-order valence-corrected chi connectivity index (χ4v) is 1.66. The first-order chi connectivity index (χ1) is 9.51. The largest absolute Gasteiger partial charge is 3.00 e. The van der Waals surface area contributed by atoms with Gasteiger partial charge >= 0.3 is 17.1 Å². The molecule has 0 aliphatic rings. The zero-order valence-corrected chi connectivity index (χ0v) is 15.9. The Balaban J connectivity index is -0.000000325. The molecular weight excluding hydrogens is 375 g/mol. The molecule has 4 nitrogen and oxygen atoms in total. The van der Waals surface area contributed by atoms with E-state index in [1.54, 1.807) is 0 Å². The van der Waals surface area contributed by atoms with Crippen molar-refractivity contribution in [1.82, 2.24) is 9.97 Å². The molecule has 0 saturated heterocycles. The Morgan fingerprint density at radius 2 is 1.52 bits per heavy atom. The molecule has 2 aromatic heterocycles. The van der Waals surface area contributed by atoms with Crippen molar-refractivity contribution in [1.29, 1.82) is 0 Å². The van der Waals surface area contributed by atoms with Gasteiger partial charge in [-0.1, -0.05) is 12.1 Å². The maximum Gasteiger partial charge on any atom is 3.00 e. The SMILES string of the molecule is Cc1cccc(CC(N)CN)n1.[CH2-]c1cccc(C)n1.[Cl-].[Cl-].[Fe+3]. The van der Waals surface area contributed by atoms with Gasteiger partial charge in [0.15, 0.2) is 0 Å². The average molecular weight is 398 g/mol. The van der Waals surface area contributed by atoms with Gasteiger partial charge in [0, 0.05) is 36.1 Å². The van der Waals surface area contributed by atoms with Gasteiger partial charge in [0.25, 0.3) is 0 Å². The molecule has 129 valence electrons. The predicted molar refractivity (Wildman–Crippen MR) is 83.1 cm³/mol. The van der Waals surface area contributed by atoms with E-state index in [0.29, 0.717) is 6.54 Å². The van der Waals surface area contributed by atoms with Gasteiger partial charge in [-0.25, -0.2) is 6.92 Å². The molecule has 1 radical (unpaired) electrons. The molecule has 0 fully saturated rings. The van der Waals surface area contributed by atoms with Gasteiger partial charge in [0.1, 0.15) is 0 Å². The van der Waals surface area contributed by atoms with Gasteiger partial charge in [-0.05, 0) is 26.0 Å². The van der Waals surface area contributed by atoms with Gasteiger partial charge < -0.3 is 36.3 Å². The van der Waals surface area contributed by atoms with E-state index in [0.717, 1.165) is 29.2 Å². The molecule has 2 aromatic rings. The first kappa shape index (κ1) is 27.1. The topological polar surface area (TPSA) is 77.8 Å². The van der Waals surface area contributed by atoms with Crippen LogP contribution in [0.4, 0.5) is 0 Å². The van der Waals surface area contributed by atoms with Crippen molar-refractivity contribution in [2.75, 3.05) is 6.54 Å². The molecule has 0 amide bonds. The number of aryl methyl sites for hydroxylation is 2. The monoisotopic (exact) mass is 397 g/mol. The Hall–Kier alpha value is -0.811. The van der Waals surface area contributed by atoms with E-state index in [2.05, 4.69) is 16.9 Å². The molecule has 7 heteroatoms. The van der Waals surface area contributed by atoms with E-state index >= 15 is 0 Å². The van der Waals surface area contributed by atoms with Crippen molar-refractivity contribution < 1.29 is 41.9 Å². The number of nitrogens with two attached hydrogens (primary N) is 2. The predicted octanol–water partition coefficient (Wildman–Crippen LogP) is -4.20. The minimum absolute atomic E-state index is 0. The molecule has 0 bridgehead atoms. The van der Waals surface area contributed by atoms with E-state index in [4.69, 9.17) is 11.5 Å². The van der Waals surface area contributed by atoms with E-state index in [1.807, 2.05) is 50.2 Å². The standard InChI is InChI=1S/C9H15N3.C7H8N.2ClH.Fe/c1-7-3-2-4-9(12-7)5-8(11)6-10;1-6-4-3-5-7(2)8-6;;;/h2-4,8H,5-6,10-11H2,1H3;3-5H,1H2,2H3;2*1H;/q;-1;;;+3/p-2. The molecule has 1 atom stereocenters. The molecule has 0 spiro atoms. The van der Waals surface area contributed by atoms with Crippen molar-refractivity contribution in [3.8, 4) is 0 Å². The second-order valence-corrected chi connectivity index (χ2v) is 4.74. The summed E-state index contributed by atoms with van der Waals surface area (Å²) in [6, 6.07) is 11.7. The van der Waals surface area contributed by atoms with E-state index < -0.39 is 0 Å². The third-order valence-corrected chi connectivity index (χ3v) is 2.67. The number of hydrogen-bond acceptors (Lipinski definition) is 4. The van der Waals surface area contributed by atoms with Crippen LogP contribution in [0.3, 0.4) is 0 Å². The summed E-state index contributed by atoms with van der Waals surface area (Å²) in [7, 11) is 0. The smallest absolute Gasteiger partial charge is 1.00 e. The van der Waals surface area contributed by atoms with Crippen LogP contribution in [0.15, 0.2) is 36.4 Å². The fourth-order valence-electron chi connectivity index (χ4n) is 1.66. The summed E-state index contributed by atoms with van der Waals surface area (Å²) in [4.78, 5) is 8.39. The van der Waals surface area contributed by atoms with Crippen LogP contribution in [-0.4, -0.2) is 22.6 Å². The maximum absolute atomic E-state index is 5.69. The van der Waals surface area contributed by atoms with Crippen LogP contribution >= 0.6 is 0 Å². The quantitative estimate of drug-likeness (QED) is 0.406. The van der Waals surface area contributed by atoms with Gasteiger partial charge in [-0.15, -0.1) is 11.8 Å². The fraction of sp³-hybridized carbons (Fsp3) is 0.312. The number of hydrogen-bond donors (Lipinski definition) is 2. The van der Waals surface area contributed by atoms with Gasteiger partial charge in [-0.3, -0.25) is 9.97 Å². The zero-order chi connectivity index (χ0) is 15.0. The van der Waals surface area contributed by atoms with Crippen molar-refractivity contribution in [3.63, 3.8) is 0 Å². The molecule has 1 unspecified atom stereocenters. The summed E-state index contributed by atoms with van der Waals surface area (Å²) in [5, 5.41) is 0. The number of nitrogens with zero attached hydrogens (tertiary/aromatic N) is 2. The van der Waals surface area contributed by atoms with Crippen LogP contribution < -0.4 is 36.3 Å². The number of rotatable bonds is 3. The molecule has 4 N–H and O–H groups in total. The number of aromatic nitrogens is 2. The Kier molecular flexibility index (Phi) is 17.4. The van der Waals surface area contributed by atoms with Crippen molar-refractivity contribution in [2.24, 2.45) is 11.5 Å². The molecule has 23 heavy (non-hydrogen) atoms. The third-order valence-electron chi connectivity index (χ3n) is 2.67. The molecule has 0 aromatic carbocycles. The van der Waals surface area contributed by atoms with Gasteiger partial charge in [0.2, 0.25) is 0 Å². The van der Waals surface area contributed by atoms with Crippen LogP contribution in [0.25, 0.3) is 0 Å². The second-order valence-electron chi connectivity index (χ2n) is 4.74. The summed E-state index contributed by atoms with van der Waals surface area (Å²) in [6.45, 7) is 8.10. The van der Waals surface area contributed by atoms with Crippen molar-refractivity contribution in [3.05, 3.63) is 66.1 Å². The molecule has 0 aliphatic carbocycles. The Morgan fingerprint density at radius 3 is 1.91 bits per heavy atom. The first-order valence-corrected chi connectivity index (χ1v) is 6.65. The Bertz CT molecular complexity index is 524. The summed E-state index contributed by atoms with van der Waals surface area (Å²) in [5.41, 5.74) is 15.0. The molecule has 0 saturated carbocycles. The van der Waals surface area contributed by atoms with E-state index in [-0.39, 0.29) is 47.9 Å². The maximum atomic E-state index is 5.69. The Labute approximate surface area is 162 Å². The van der Waals surface area contributed by atoms with E-state index in [1.165, 1.54) is 0 Å². The number of halogens is 2. The van der Waals surface area contributed by atoms with Crippen molar-refractivity contribution >= 4 is 0 Å². The molecule has 2 rings (SSSR count). The van der Waals surface area contributed by atoms with Crippen LogP contribution in [0, 0.1) is 20.8 Å². The molecular formula is C16H23Cl2FeN4. The summed E-state index contributed by atoms with van der Waals surface area (Å²) >= 11 is 0. The van der Waals surface area contributed by atoms with Gasteiger partial charge in [-0.2, -0.15) is 6.07 Å². The number of pyridine rings is 2. The van der Waals surface area contributed by atoms with Crippen LogP contribution in [0.2, 0.25) is 0 Å². The summed E-state index contributed by atoms with van der Waals surface area (Å²) in [6.07, 6.45) is 0.762. The van der Waals surface area contributed by atoms with Crippen LogP contribution in [0.5, 0.6) is 0 Å². The summed E-state index contributed by atoms with van der Waals surface area (Å²) in [5.74, 6) is 0. The van der Waals surface area contributed by atoms with E-state index in [9.17, 15) is 0 Å².